The Morgan fingerprint density at radius 1 is 1.16 bits per heavy atom. The minimum absolute atomic E-state index is 0. The molecule has 7 heteroatoms. The topological polar surface area (TPSA) is 68.0 Å². The first-order valence-corrected chi connectivity index (χ1v) is 11.0. The van der Waals surface area contributed by atoms with E-state index in [2.05, 4.69) is 34.9 Å². The van der Waals surface area contributed by atoms with Crippen LogP contribution in [0.5, 0.6) is 0 Å². The van der Waals surface area contributed by atoms with Gasteiger partial charge in [0.05, 0.1) is 18.4 Å². The number of halogens is 1. The molecule has 0 amide bonds. The van der Waals surface area contributed by atoms with Gasteiger partial charge >= 0.3 is 0 Å². The van der Waals surface area contributed by atoms with E-state index in [1.807, 2.05) is 12.1 Å². The van der Waals surface area contributed by atoms with Crippen molar-refractivity contribution in [3.8, 4) is 0 Å². The molecule has 2 N–H and O–H groups in total. The number of fused-ring (bicyclic) bond motifs is 1. The second-order valence-corrected chi connectivity index (χ2v) is 8.27. The van der Waals surface area contributed by atoms with E-state index in [1.54, 1.807) is 13.4 Å². The summed E-state index contributed by atoms with van der Waals surface area (Å²) in [4.78, 5) is 4.94. The molecule has 1 saturated heterocycles. The number of furan rings is 1. The molecule has 1 aliphatic carbocycles. The molecular formula is C24H34IN3O3. The van der Waals surface area contributed by atoms with Crippen molar-refractivity contribution >= 4 is 29.9 Å². The summed E-state index contributed by atoms with van der Waals surface area (Å²) in [6.07, 6.45) is 7.54. The van der Waals surface area contributed by atoms with E-state index in [9.17, 15) is 0 Å². The summed E-state index contributed by atoms with van der Waals surface area (Å²) < 4.78 is 16.9. The van der Waals surface area contributed by atoms with Gasteiger partial charge in [0.2, 0.25) is 0 Å². The van der Waals surface area contributed by atoms with Crippen LogP contribution in [0.25, 0.3) is 0 Å². The van der Waals surface area contributed by atoms with Gasteiger partial charge in [-0.15, -0.1) is 24.0 Å². The van der Waals surface area contributed by atoms with E-state index in [0.717, 1.165) is 70.0 Å². The number of aliphatic imine (C=N–C) groups is 1. The SMILES string of the molecule is COC1(CN=C(NCCc2ccco2)NC2CCc3ccccc3C2)CCOCC1.I. The lowest BCUT2D eigenvalue weighted by atomic mass is 9.88. The Hall–Kier alpha value is -1.58. The molecule has 4 rings (SSSR count). The average Bonchev–Trinajstić information content (AvgIpc) is 3.31. The van der Waals surface area contributed by atoms with Crippen molar-refractivity contribution in [3.05, 3.63) is 59.5 Å². The van der Waals surface area contributed by atoms with Crippen molar-refractivity contribution in [3.63, 3.8) is 0 Å². The third-order valence-electron chi connectivity index (χ3n) is 6.29. The highest BCUT2D eigenvalue weighted by Crippen LogP contribution is 2.25. The molecule has 6 nitrogen and oxygen atoms in total. The minimum Gasteiger partial charge on any atom is -0.469 e. The number of ether oxygens (including phenoxy) is 2. The van der Waals surface area contributed by atoms with Crippen LogP contribution >= 0.6 is 24.0 Å². The van der Waals surface area contributed by atoms with Crippen molar-refractivity contribution in [2.45, 2.75) is 50.2 Å². The normalized spacial score (nSPS) is 20.4. The van der Waals surface area contributed by atoms with Crippen LogP contribution in [0, 0.1) is 0 Å². The fraction of sp³-hybridized carbons (Fsp3) is 0.542. The summed E-state index contributed by atoms with van der Waals surface area (Å²) in [5.41, 5.74) is 2.68. The Kier molecular flexibility index (Phi) is 9.22. The number of benzene rings is 1. The predicted molar refractivity (Wildman–Crippen MR) is 133 cm³/mol. The average molecular weight is 539 g/mol. The Labute approximate surface area is 202 Å². The van der Waals surface area contributed by atoms with Gasteiger partial charge in [0, 0.05) is 52.2 Å². The molecule has 0 radical (unpaired) electrons. The number of methoxy groups -OCH3 is 1. The van der Waals surface area contributed by atoms with Crippen molar-refractivity contribution in [2.24, 2.45) is 4.99 Å². The van der Waals surface area contributed by atoms with Crippen molar-refractivity contribution in [2.75, 3.05) is 33.4 Å². The highest BCUT2D eigenvalue weighted by Gasteiger charge is 2.32. The van der Waals surface area contributed by atoms with Crippen LogP contribution in [-0.2, 0) is 28.7 Å². The number of aryl methyl sites for hydroxylation is 1. The summed E-state index contributed by atoms with van der Waals surface area (Å²) in [5.74, 6) is 1.83. The van der Waals surface area contributed by atoms with E-state index in [0.29, 0.717) is 12.6 Å². The van der Waals surface area contributed by atoms with Gasteiger partial charge in [-0.05, 0) is 42.5 Å². The summed E-state index contributed by atoms with van der Waals surface area (Å²) in [5, 5.41) is 7.18. The maximum absolute atomic E-state index is 5.87. The Morgan fingerprint density at radius 2 is 1.97 bits per heavy atom. The van der Waals surface area contributed by atoms with Crippen LogP contribution in [0.4, 0.5) is 0 Å². The second kappa shape index (κ2) is 11.9. The number of nitrogens with one attached hydrogen (secondary N) is 2. The Bertz CT molecular complexity index is 819. The molecule has 1 fully saturated rings. The van der Waals surface area contributed by atoms with Gasteiger partial charge in [-0.1, -0.05) is 24.3 Å². The Morgan fingerprint density at radius 3 is 2.71 bits per heavy atom. The molecule has 31 heavy (non-hydrogen) atoms. The zero-order valence-corrected chi connectivity index (χ0v) is 20.6. The zero-order valence-electron chi connectivity index (χ0n) is 18.3. The van der Waals surface area contributed by atoms with Gasteiger partial charge in [0.1, 0.15) is 5.76 Å². The number of hydrogen-bond acceptors (Lipinski definition) is 4. The van der Waals surface area contributed by atoms with E-state index in [1.165, 1.54) is 11.1 Å². The van der Waals surface area contributed by atoms with Gasteiger partial charge in [0.25, 0.3) is 0 Å². The first kappa shape index (κ1) is 24.1. The molecule has 170 valence electrons. The van der Waals surface area contributed by atoms with Crippen LogP contribution in [-0.4, -0.2) is 51.0 Å². The summed E-state index contributed by atoms with van der Waals surface area (Å²) in [6, 6.07) is 13.1. The molecule has 2 aromatic rings. The minimum atomic E-state index is -0.229. The van der Waals surface area contributed by atoms with E-state index < -0.39 is 0 Å². The molecule has 2 aliphatic rings. The van der Waals surface area contributed by atoms with Gasteiger partial charge in [-0.2, -0.15) is 0 Å². The predicted octanol–water partition coefficient (Wildman–Crippen LogP) is 3.73. The number of hydrogen-bond donors (Lipinski definition) is 2. The fourth-order valence-corrected chi connectivity index (χ4v) is 4.32. The Balaban J connectivity index is 0.00000272. The molecule has 1 aromatic carbocycles. The van der Waals surface area contributed by atoms with Crippen molar-refractivity contribution in [1.29, 1.82) is 0 Å². The van der Waals surface area contributed by atoms with Gasteiger partial charge in [-0.3, -0.25) is 4.99 Å². The zero-order chi connectivity index (χ0) is 20.7. The molecule has 1 aliphatic heterocycles. The molecule has 0 bridgehead atoms. The van der Waals surface area contributed by atoms with Crippen LogP contribution in [0.15, 0.2) is 52.1 Å². The summed E-state index contributed by atoms with van der Waals surface area (Å²) in [7, 11) is 1.79. The molecular weight excluding hydrogens is 505 g/mol. The molecule has 1 unspecified atom stereocenters. The lowest BCUT2D eigenvalue weighted by Gasteiger charge is -2.35. The third-order valence-corrected chi connectivity index (χ3v) is 6.29. The van der Waals surface area contributed by atoms with Crippen LogP contribution in [0.3, 0.4) is 0 Å². The van der Waals surface area contributed by atoms with E-state index in [-0.39, 0.29) is 29.6 Å². The van der Waals surface area contributed by atoms with E-state index >= 15 is 0 Å². The number of guanidine groups is 1. The fourth-order valence-electron chi connectivity index (χ4n) is 4.32. The van der Waals surface area contributed by atoms with Gasteiger partial charge in [-0.25, -0.2) is 0 Å². The third kappa shape index (κ3) is 6.70. The monoisotopic (exact) mass is 539 g/mol. The number of nitrogens with zero attached hydrogens (tertiary/aromatic N) is 1. The first-order chi connectivity index (χ1) is 14.8. The largest absolute Gasteiger partial charge is 0.469 e. The molecule has 1 atom stereocenters. The smallest absolute Gasteiger partial charge is 0.191 e. The van der Waals surface area contributed by atoms with Crippen LogP contribution in [0.1, 0.15) is 36.1 Å². The van der Waals surface area contributed by atoms with Crippen molar-refractivity contribution in [1.82, 2.24) is 10.6 Å². The second-order valence-electron chi connectivity index (χ2n) is 8.27. The highest BCUT2D eigenvalue weighted by molar-refractivity contribution is 14.0. The van der Waals surface area contributed by atoms with Crippen molar-refractivity contribution < 1.29 is 13.9 Å². The lowest BCUT2D eigenvalue weighted by molar-refractivity contribution is -0.0828. The molecule has 0 spiro atoms. The number of rotatable bonds is 7. The summed E-state index contributed by atoms with van der Waals surface area (Å²) in [6.45, 7) is 2.87. The molecule has 0 saturated carbocycles. The van der Waals surface area contributed by atoms with Crippen LogP contribution < -0.4 is 10.6 Å². The maximum Gasteiger partial charge on any atom is 0.191 e. The molecule has 1 aromatic heterocycles. The van der Waals surface area contributed by atoms with Gasteiger partial charge < -0.3 is 24.5 Å². The lowest BCUT2D eigenvalue weighted by Crippen LogP contribution is -2.48. The van der Waals surface area contributed by atoms with Gasteiger partial charge in [0.15, 0.2) is 5.96 Å². The molecule has 2 heterocycles. The summed E-state index contributed by atoms with van der Waals surface area (Å²) >= 11 is 0. The first-order valence-electron chi connectivity index (χ1n) is 11.0. The van der Waals surface area contributed by atoms with Crippen LogP contribution in [0.2, 0.25) is 0 Å². The highest BCUT2D eigenvalue weighted by atomic mass is 127. The van der Waals surface area contributed by atoms with E-state index in [4.69, 9.17) is 18.9 Å². The standard InChI is InChI=1S/C24H33N3O3.HI/c1-28-24(11-15-29-16-12-24)18-26-23(25-13-10-22-7-4-14-30-22)27-21-9-8-19-5-2-3-6-20(19)17-21;/h2-7,14,21H,8-13,15-18H2,1H3,(H2,25,26,27);1H. The maximum atomic E-state index is 5.87. The quantitative estimate of drug-likeness (QED) is 0.319.